The largest absolute Gasteiger partial charge is 0.294 e. The summed E-state index contributed by atoms with van der Waals surface area (Å²) < 4.78 is 30.3. The van der Waals surface area contributed by atoms with E-state index < -0.39 is 10.1 Å². The maximum atomic E-state index is 10.8. The first-order valence-electron chi connectivity index (χ1n) is 3.58. The fraction of sp³-hybridized carbons (Fsp3) is 0.143. The fourth-order valence-electron chi connectivity index (χ4n) is 1.04. The van der Waals surface area contributed by atoms with E-state index in [4.69, 9.17) is 10.1 Å². The Morgan fingerprint density at radius 3 is 2.57 bits per heavy atom. The Hall–Kier alpha value is -1.56. The van der Waals surface area contributed by atoms with Crippen molar-refractivity contribution >= 4 is 15.8 Å². The molecule has 7 heteroatoms. The zero-order valence-electron chi connectivity index (χ0n) is 7.25. The first kappa shape index (κ1) is 10.5. The van der Waals surface area contributed by atoms with Crippen molar-refractivity contribution in [3.63, 3.8) is 0 Å². The third-order valence-electron chi connectivity index (χ3n) is 1.60. The second kappa shape index (κ2) is 3.67. The molecule has 0 amide bonds. The Balaban J connectivity index is 3.35. The first-order chi connectivity index (χ1) is 6.45. The van der Waals surface area contributed by atoms with E-state index in [0.717, 1.165) is 0 Å². The van der Waals surface area contributed by atoms with Gasteiger partial charge in [-0.05, 0) is 30.2 Å². The summed E-state index contributed by atoms with van der Waals surface area (Å²) >= 11 is 0. The van der Waals surface area contributed by atoms with E-state index in [-0.39, 0.29) is 4.90 Å². The van der Waals surface area contributed by atoms with E-state index in [9.17, 15) is 8.42 Å². The standard InChI is InChI=1S/C7H7N3O3S/c1-5-4-6(9-10-8)2-3-7(5)14(11,12)13/h2-4H,1H3,(H,11,12,13). The predicted octanol–water partition coefficient (Wildman–Crippen LogP) is 2.18. The molecule has 0 aliphatic heterocycles. The van der Waals surface area contributed by atoms with Crippen LogP contribution in [0.3, 0.4) is 0 Å². The molecule has 0 aromatic heterocycles. The van der Waals surface area contributed by atoms with Gasteiger partial charge >= 0.3 is 0 Å². The molecular formula is C7H7N3O3S. The van der Waals surface area contributed by atoms with Crippen molar-refractivity contribution in [2.24, 2.45) is 5.11 Å². The predicted molar refractivity (Wildman–Crippen MR) is 49.8 cm³/mol. The molecule has 0 spiro atoms. The molecule has 14 heavy (non-hydrogen) atoms. The lowest BCUT2D eigenvalue weighted by Crippen LogP contribution is -1.99. The molecule has 6 nitrogen and oxygen atoms in total. The Kier molecular flexibility index (Phi) is 2.76. The Bertz CT molecular complexity index is 503. The van der Waals surface area contributed by atoms with E-state index >= 15 is 0 Å². The minimum Gasteiger partial charge on any atom is -0.282 e. The zero-order valence-corrected chi connectivity index (χ0v) is 8.06. The number of nitrogens with zero attached hydrogens (tertiary/aromatic N) is 3. The lowest BCUT2D eigenvalue weighted by Gasteiger charge is -2.01. The molecule has 1 aromatic rings. The normalized spacial score (nSPS) is 10.7. The van der Waals surface area contributed by atoms with Gasteiger partial charge in [-0.3, -0.25) is 4.55 Å². The average molecular weight is 213 g/mol. The van der Waals surface area contributed by atoms with Crippen molar-refractivity contribution in [1.29, 1.82) is 0 Å². The molecule has 0 fully saturated rings. The van der Waals surface area contributed by atoms with Crippen LogP contribution in [0.5, 0.6) is 0 Å². The summed E-state index contributed by atoms with van der Waals surface area (Å²) in [7, 11) is -4.20. The fourth-order valence-corrected chi connectivity index (χ4v) is 1.74. The highest BCUT2D eigenvalue weighted by Crippen LogP contribution is 2.21. The van der Waals surface area contributed by atoms with Crippen molar-refractivity contribution in [2.75, 3.05) is 0 Å². The van der Waals surface area contributed by atoms with Crippen molar-refractivity contribution in [2.45, 2.75) is 11.8 Å². The number of azide groups is 1. The zero-order chi connectivity index (χ0) is 10.8. The van der Waals surface area contributed by atoms with Gasteiger partial charge in [0.25, 0.3) is 10.1 Å². The molecule has 0 saturated carbocycles. The number of aryl methyl sites for hydroxylation is 1. The van der Waals surface area contributed by atoms with Crippen LogP contribution in [0.15, 0.2) is 28.2 Å². The monoisotopic (exact) mass is 213 g/mol. The molecule has 1 rings (SSSR count). The Morgan fingerprint density at radius 1 is 1.50 bits per heavy atom. The molecule has 0 atom stereocenters. The smallest absolute Gasteiger partial charge is 0.282 e. The highest BCUT2D eigenvalue weighted by Gasteiger charge is 2.12. The summed E-state index contributed by atoms with van der Waals surface area (Å²) in [4.78, 5) is 2.37. The molecule has 0 saturated heterocycles. The Labute approximate surface area is 80.6 Å². The maximum absolute atomic E-state index is 10.8. The second-order valence-electron chi connectivity index (χ2n) is 2.61. The summed E-state index contributed by atoms with van der Waals surface area (Å²) in [6.45, 7) is 1.50. The maximum Gasteiger partial charge on any atom is 0.294 e. The van der Waals surface area contributed by atoms with Crippen molar-refractivity contribution in [1.82, 2.24) is 0 Å². The summed E-state index contributed by atoms with van der Waals surface area (Å²) in [6, 6.07) is 3.88. The van der Waals surface area contributed by atoms with Gasteiger partial charge in [-0.15, -0.1) is 0 Å². The summed E-state index contributed by atoms with van der Waals surface area (Å²) in [6.07, 6.45) is 0. The van der Waals surface area contributed by atoms with Gasteiger partial charge in [0.05, 0.1) is 4.90 Å². The van der Waals surface area contributed by atoms with Gasteiger partial charge < -0.3 is 0 Å². The van der Waals surface area contributed by atoms with Gasteiger partial charge in [0.15, 0.2) is 0 Å². The number of benzene rings is 1. The van der Waals surface area contributed by atoms with Crippen LogP contribution in [0, 0.1) is 6.92 Å². The lowest BCUT2D eigenvalue weighted by molar-refractivity contribution is 0.482. The molecule has 0 unspecified atom stereocenters. The van der Waals surface area contributed by atoms with Crippen LogP contribution in [0.1, 0.15) is 5.56 Å². The van der Waals surface area contributed by atoms with Gasteiger partial charge in [-0.25, -0.2) is 0 Å². The van der Waals surface area contributed by atoms with E-state index in [1.54, 1.807) is 0 Å². The SMILES string of the molecule is Cc1cc(N=[N+]=[N-])ccc1S(=O)(=O)O. The number of hydrogen-bond acceptors (Lipinski definition) is 3. The van der Waals surface area contributed by atoms with Gasteiger partial charge in [0.2, 0.25) is 0 Å². The van der Waals surface area contributed by atoms with Crippen LogP contribution in [0.2, 0.25) is 0 Å². The Morgan fingerprint density at radius 2 is 2.14 bits per heavy atom. The van der Waals surface area contributed by atoms with Crippen molar-refractivity contribution < 1.29 is 13.0 Å². The van der Waals surface area contributed by atoms with Crippen LogP contribution >= 0.6 is 0 Å². The van der Waals surface area contributed by atoms with Gasteiger partial charge in [0.1, 0.15) is 0 Å². The third-order valence-corrected chi connectivity index (χ3v) is 2.61. The van der Waals surface area contributed by atoms with Gasteiger partial charge in [0, 0.05) is 10.6 Å². The molecule has 0 aliphatic carbocycles. The molecule has 0 aliphatic rings. The first-order valence-corrected chi connectivity index (χ1v) is 5.02. The summed E-state index contributed by atoms with van der Waals surface area (Å²) in [5.41, 5.74) is 8.76. The molecule has 1 N–H and O–H groups in total. The molecule has 0 radical (unpaired) electrons. The second-order valence-corrected chi connectivity index (χ2v) is 4.00. The van der Waals surface area contributed by atoms with Crippen LogP contribution in [-0.4, -0.2) is 13.0 Å². The van der Waals surface area contributed by atoms with E-state index in [2.05, 4.69) is 10.0 Å². The highest BCUT2D eigenvalue weighted by molar-refractivity contribution is 7.85. The van der Waals surface area contributed by atoms with Crippen LogP contribution in [0.25, 0.3) is 10.4 Å². The van der Waals surface area contributed by atoms with Gasteiger partial charge in [-0.2, -0.15) is 8.42 Å². The van der Waals surface area contributed by atoms with E-state index in [1.165, 1.54) is 25.1 Å². The number of rotatable bonds is 2. The molecule has 1 aromatic carbocycles. The minimum absolute atomic E-state index is 0.186. The number of hydrogen-bond donors (Lipinski definition) is 1. The van der Waals surface area contributed by atoms with E-state index in [0.29, 0.717) is 11.3 Å². The highest BCUT2D eigenvalue weighted by atomic mass is 32.2. The topological polar surface area (TPSA) is 103 Å². The van der Waals surface area contributed by atoms with Crippen LogP contribution in [0.4, 0.5) is 5.69 Å². The molecule has 74 valence electrons. The minimum atomic E-state index is -4.20. The summed E-state index contributed by atoms with van der Waals surface area (Å²) in [5.74, 6) is 0. The van der Waals surface area contributed by atoms with Crippen LogP contribution in [-0.2, 0) is 10.1 Å². The van der Waals surface area contributed by atoms with Crippen LogP contribution < -0.4 is 0 Å². The van der Waals surface area contributed by atoms with Gasteiger partial charge in [-0.1, -0.05) is 11.2 Å². The lowest BCUT2D eigenvalue weighted by atomic mass is 10.2. The average Bonchev–Trinajstić information content (AvgIpc) is 2.02. The summed E-state index contributed by atoms with van der Waals surface area (Å²) in [5, 5.41) is 3.29. The third kappa shape index (κ3) is 2.23. The molecule has 0 bridgehead atoms. The van der Waals surface area contributed by atoms with Crippen molar-refractivity contribution in [3.8, 4) is 0 Å². The van der Waals surface area contributed by atoms with E-state index in [1.807, 2.05) is 0 Å². The van der Waals surface area contributed by atoms with Crippen molar-refractivity contribution in [3.05, 3.63) is 34.2 Å². The molecule has 0 heterocycles. The quantitative estimate of drug-likeness (QED) is 0.352. The molecular weight excluding hydrogens is 206 g/mol.